The fraction of sp³-hybridized carbons (Fsp3) is 0.308. The van der Waals surface area contributed by atoms with Gasteiger partial charge >= 0.3 is 6.36 Å². The van der Waals surface area contributed by atoms with E-state index in [1.54, 1.807) is 46.0 Å². The van der Waals surface area contributed by atoms with Crippen molar-refractivity contribution in [2.75, 3.05) is 5.32 Å². The zero-order valence-electron chi connectivity index (χ0n) is 21.6. The van der Waals surface area contributed by atoms with Gasteiger partial charge in [0.15, 0.2) is 0 Å². The van der Waals surface area contributed by atoms with E-state index in [4.69, 9.17) is 0 Å². The summed E-state index contributed by atoms with van der Waals surface area (Å²) in [5.41, 5.74) is 4.89. The predicted molar refractivity (Wildman–Crippen MR) is 136 cm³/mol. The van der Waals surface area contributed by atoms with E-state index >= 15 is 0 Å². The molecule has 0 fully saturated rings. The van der Waals surface area contributed by atoms with E-state index in [1.807, 2.05) is 34.7 Å². The van der Waals surface area contributed by atoms with Crippen LogP contribution in [0.3, 0.4) is 0 Å². The van der Waals surface area contributed by atoms with E-state index in [0.717, 1.165) is 22.9 Å². The van der Waals surface area contributed by atoms with Crippen molar-refractivity contribution in [1.82, 2.24) is 30.1 Å². The number of carbonyl (C=O) groups is 1. The second kappa shape index (κ2) is 10.7. The Morgan fingerprint density at radius 3 is 2.55 bits per heavy atom. The lowest BCUT2D eigenvalue weighted by molar-refractivity contribution is -0.274. The number of nitrogens with zero attached hydrogens (tertiary/aromatic N) is 5. The van der Waals surface area contributed by atoms with Gasteiger partial charge in [-0.25, -0.2) is 4.68 Å². The number of hydrogen-bond donors (Lipinski definition) is 2. The van der Waals surface area contributed by atoms with Crippen LogP contribution in [0.2, 0.25) is 0 Å². The normalized spacial score (nSPS) is 11.7. The highest BCUT2D eigenvalue weighted by atomic mass is 19.4. The Hall–Kier alpha value is -4.19. The van der Waals surface area contributed by atoms with E-state index in [2.05, 4.69) is 30.8 Å². The molecule has 4 aromatic rings. The van der Waals surface area contributed by atoms with Gasteiger partial charge in [-0.2, -0.15) is 5.10 Å². The number of alkyl halides is 3. The highest BCUT2D eigenvalue weighted by molar-refractivity contribution is 6.04. The SMILES string of the molecule is Cc1ccc(C(=O)Nc2cc(CNC(C)C)cc(OC(F)(F)F)c2)cc1-n1cc(-c2cnn(C)c2C)nn1. The summed E-state index contributed by atoms with van der Waals surface area (Å²) in [5, 5.41) is 18.5. The number of nitrogens with one attached hydrogen (secondary N) is 2. The molecule has 0 radical (unpaired) electrons. The highest BCUT2D eigenvalue weighted by Gasteiger charge is 2.31. The van der Waals surface area contributed by atoms with E-state index in [1.165, 1.54) is 6.07 Å². The molecule has 0 saturated heterocycles. The Morgan fingerprint density at radius 2 is 1.89 bits per heavy atom. The van der Waals surface area contributed by atoms with Gasteiger partial charge in [0, 0.05) is 48.2 Å². The third kappa shape index (κ3) is 6.38. The van der Waals surface area contributed by atoms with E-state index in [9.17, 15) is 18.0 Å². The van der Waals surface area contributed by atoms with E-state index < -0.39 is 18.0 Å². The third-order valence-electron chi connectivity index (χ3n) is 5.89. The molecule has 0 aliphatic heterocycles. The Kier molecular flexibility index (Phi) is 7.53. The fourth-order valence-corrected chi connectivity index (χ4v) is 3.81. The molecule has 2 aromatic carbocycles. The first-order valence-electron chi connectivity index (χ1n) is 11.9. The number of rotatable bonds is 8. The first-order chi connectivity index (χ1) is 17.9. The van der Waals surface area contributed by atoms with Crippen molar-refractivity contribution in [3.63, 3.8) is 0 Å². The molecule has 1 amide bonds. The molecular formula is C26H28F3N7O2. The number of benzene rings is 2. The van der Waals surface area contributed by atoms with Crippen LogP contribution < -0.4 is 15.4 Å². The minimum atomic E-state index is -4.86. The zero-order chi connectivity index (χ0) is 27.6. The van der Waals surface area contributed by atoms with E-state index in [0.29, 0.717) is 29.1 Å². The average molecular weight is 528 g/mol. The van der Waals surface area contributed by atoms with Crippen molar-refractivity contribution in [1.29, 1.82) is 0 Å². The number of halogens is 3. The summed E-state index contributed by atoms with van der Waals surface area (Å²) >= 11 is 0. The zero-order valence-corrected chi connectivity index (χ0v) is 21.6. The van der Waals surface area contributed by atoms with Crippen LogP contribution in [-0.4, -0.2) is 43.1 Å². The molecule has 2 aromatic heterocycles. The molecule has 38 heavy (non-hydrogen) atoms. The molecule has 0 bridgehead atoms. The Morgan fingerprint density at radius 1 is 1.13 bits per heavy atom. The molecule has 4 rings (SSSR count). The number of amides is 1. The van der Waals surface area contributed by atoms with Crippen LogP contribution >= 0.6 is 0 Å². The van der Waals surface area contributed by atoms with Gasteiger partial charge in [0.2, 0.25) is 0 Å². The second-order valence-electron chi connectivity index (χ2n) is 9.22. The quantitative estimate of drug-likeness (QED) is 0.337. The summed E-state index contributed by atoms with van der Waals surface area (Å²) in [6.45, 7) is 7.94. The van der Waals surface area contributed by atoms with Gasteiger partial charge in [-0.05, 0) is 49.2 Å². The van der Waals surface area contributed by atoms with Crippen LogP contribution in [0.4, 0.5) is 18.9 Å². The maximum Gasteiger partial charge on any atom is 0.573 e. The van der Waals surface area contributed by atoms with Gasteiger partial charge in [-0.15, -0.1) is 18.3 Å². The van der Waals surface area contributed by atoms with Gasteiger partial charge in [-0.1, -0.05) is 25.1 Å². The molecule has 200 valence electrons. The molecule has 0 atom stereocenters. The summed E-state index contributed by atoms with van der Waals surface area (Å²) < 4.78 is 46.1. The van der Waals surface area contributed by atoms with Crippen LogP contribution in [0.5, 0.6) is 5.75 Å². The minimum Gasteiger partial charge on any atom is -0.406 e. The Labute approximate surface area is 217 Å². The van der Waals surface area contributed by atoms with Gasteiger partial charge in [0.25, 0.3) is 5.91 Å². The summed E-state index contributed by atoms with van der Waals surface area (Å²) in [6, 6.07) is 9.19. The molecule has 2 N–H and O–H groups in total. The van der Waals surface area contributed by atoms with Crippen molar-refractivity contribution in [2.45, 2.75) is 46.6 Å². The third-order valence-corrected chi connectivity index (χ3v) is 5.89. The molecule has 12 heteroatoms. The number of anilines is 1. The van der Waals surface area contributed by atoms with Crippen LogP contribution in [0.1, 0.15) is 41.0 Å². The largest absolute Gasteiger partial charge is 0.573 e. The van der Waals surface area contributed by atoms with Crippen LogP contribution in [0, 0.1) is 13.8 Å². The summed E-state index contributed by atoms with van der Waals surface area (Å²) in [7, 11) is 1.84. The van der Waals surface area contributed by atoms with Crippen molar-refractivity contribution in [2.24, 2.45) is 7.05 Å². The minimum absolute atomic E-state index is 0.116. The molecule has 0 unspecified atom stereocenters. The summed E-state index contributed by atoms with van der Waals surface area (Å²) in [6.07, 6.45) is -1.40. The smallest absolute Gasteiger partial charge is 0.406 e. The highest BCUT2D eigenvalue weighted by Crippen LogP contribution is 2.28. The lowest BCUT2D eigenvalue weighted by Crippen LogP contribution is -2.22. The van der Waals surface area contributed by atoms with Crippen LogP contribution in [0.15, 0.2) is 48.8 Å². The topological polar surface area (TPSA) is 98.9 Å². The first kappa shape index (κ1) is 26.9. The first-order valence-corrected chi connectivity index (χ1v) is 11.9. The Bertz CT molecular complexity index is 1460. The maximum absolute atomic E-state index is 13.1. The lowest BCUT2D eigenvalue weighted by atomic mass is 10.1. The maximum atomic E-state index is 13.1. The van der Waals surface area contributed by atoms with Crippen molar-refractivity contribution >= 4 is 11.6 Å². The second-order valence-corrected chi connectivity index (χ2v) is 9.22. The van der Waals surface area contributed by atoms with Crippen molar-refractivity contribution < 1.29 is 22.7 Å². The van der Waals surface area contributed by atoms with Crippen molar-refractivity contribution in [3.8, 4) is 22.7 Å². The molecule has 0 spiro atoms. The molecule has 0 saturated carbocycles. The monoisotopic (exact) mass is 527 g/mol. The molecule has 0 aliphatic rings. The van der Waals surface area contributed by atoms with Crippen LogP contribution in [0.25, 0.3) is 16.9 Å². The fourth-order valence-electron chi connectivity index (χ4n) is 3.81. The predicted octanol–water partition coefficient (Wildman–Crippen LogP) is 4.93. The number of hydrogen-bond acceptors (Lipinski definition) is 6. The van der Waals surface area contributed by atoms with Gasteiger partial charge in [0.1, 0.15) is 11.4 Å². The van der Waals surface area contributed by atoms with Gasteiger partial charge in [-0.3, -0.25) is 9.48 Å². The Balaban J connectivity index is 1.60. The number of aryl methyl sites for hydroxylation is 2. The standard InChI is InChI=1S/C26H28F3N7O2/c1-15(2)30-12-18-8-20(11-21(9-18)38-26(27,28)29)32-25(37)19-7-6-16(3)24(10-19)36-14-23(33-34-36)22-13-31-35(5)17(22)4/h6-11,13-15,30H,12H2,1-5H3,(H,32,37). The average Bonchev–Trinajstić information content (AvgIpc) is 3.43. The number of aromatic nitrogens is 5. The number of ether oxygens (including phenoxy) is 1. The molecule has 9 nitrogen and oxygen atoms in total. The molecule has 0 aliphatic carbocycles. The van der Waals surface area contributed by atoms with Gasteiger partial charge < -0.3 is 15.4 Å². The van der Waals surface area contributed by atoms with Gasteiger partial charge in [0.05, 0.1) is 18.1 Å². The molecule has 2 heterocycles. The number of carbonyl (C=O) groups excluding carboxylic acids is 1. The van der Waals surface area contributed by atoms with Crippen LogP contribution in [-0.2, 0) is 13.6 Å². The summed E-state index contributed by atoms with van der Waals surface area (Å²) in [5.74, 6) is -0.914. The molecular weight excluding hydrogens is 499 g/mol. The summed E-state index contributed by atoms with van der Waals surface area (Å²) in [4.78, 5) is 13.1. The van der Waals surface area contributed by atoms with E-state index in [-0.39, 0.29) is 11.7 Å². The van der Waals surface area contributed by atoms with Crippen molar-refractivity contribution in [3.05, 3.63) is 71.2 Å². The lowest BCUT2D eigenvalue weighted by Gasteiger charge is -2.15.